The number of hydrogen-bond acceptors (Lipinski definition) is 6. The number of rotatable bonds is 8. The van der Waals surface area contributed by atoms with Crippen molar-refractivity contribution in [3.8, 4) is 0 Å². The molecular weight excluding hydrogens is 442 g/mol. The first-order valence-corrected chi connectivity index (χ1v) is 12.4. The van der Waals surface area contributed by atoms with Crippen LogP contribution >= 0.6 is 0 Å². The molecule has 2 aromatic rings. The lowest BCUT2D eigenvalue weighted by atomic mass is 9.90. The van der Waals surface area contributed by atoms with Crippen LogP contribution in [0, 0.1) is 12.1 Å². The molecule has 3 heterocycles. The summed E-state index contributed by atoms with van der Waals surface area (Å²) in [6, 6.07) is 13.4. The van der Waals surface area contributed by atoms with E-state index in [1.165, 1.54) is 17.0 Å². The van der Waals surface area contributed by atoms with Crippen LogP contribution in [0.3, 0.4) is 0 Å². The molecule has 4 rings (SSSR count). The van der Waals surface area contributed by atoms with Gasteiger partial charge in [0.2, 0.25) is 5.91 Å². The van der Waals surface area contributed by atoms with E-state index in [1.807, 2.05) is 31.2 Å². The van der Waals surface area contributed by atoms with Crippen molar-refractivity contribution in [3.05, 3.63) is 70.4 Å². The van der Waals surface area contributed by atoms with E-state index in [0.717, 1.165) is 31.6 Å². The van der Waals surface area contributed by atoms with Gasteiger partial charge in [-0.1, -0.05) is 31.2 Å². The zero-order valence-corrected chi connectivity index (χ0v) is 20.4. The van der Waals surface area contributed by atoms with Gasteiger partial charge in [-0.25, -0.2) is 4.98 Å². The zero-order chi connectivity index (χ0) is 24.8. The molecule has 0 saturated carbocycles. The van der Waals surface area contributed by atoms with Gasteiger partial charge < -0.3 is 15.7 Å². The van der Waals surface area contributed by atoms with E-state index < -0.39 is 5.60 Å². The Kier molecular flexibility index (Phi) is 8.01. The topological polar surface area (TPSA) is 105 Å². The standard InChI is InChI=1S/C27H35N5O3/c1-21(22-6-3-2-4-7-22)16-25(33)31-14-10-27(35,11-15-31)19-32-20-29-24(17-26(32)34)8-5-12-30-13-9-23(28)18-30/h2-3,5-6,8,17,20-21,23,35H,9-16,18-19,28H2,1H3/b8-5+/t21-,23+/m1/s1. The third-order valence-electron chi connectivity index (χ3n) is 7.06. The summed E-state index contributed by atoms with van der Waals surface area (Å²) in [6.07, 6.45) is 7.60. The third-order valence-corrected chi connectivity index (χ3v) is 7.06. The first-order valence-electron chi connectivity index (χ1n) is 12.4. The molecule has 0 aliphatic carbocycles. The maximum atomic E-state index is 12.8. The fraction of sp³-hybridized carbons (Fsp3) is 0.519. The Morgan fingerprint density at radius 1 is 1.37 bits per heavy atom. The lowest BCUT2D eigenvalue weighted by Gasteiger charge is -2.38. The van der Waals surface area contributed by atoms with Crippen molar-refractivity contribution < 1.29 is 9.90 Å². The number of aliphatic hydroxyl groups is 1. The molecule has 1 aromatic carbocycles. The highest BCUT2D eigenvalue weighted by Gasteiger charge is 2.34. The van der Waals surface area contributed by atoms with Crippen molar-refractivity contribution in [2.45, 2.75) is 56.7 Å². The van der Waals surface area contributed by atoms with Gasteiger partial charge >= 0.3 is 0 Å². The van der Waals surface area contributed by atoms with Crippen LogP contribution in [0.1, 0.15) is 49.8 Å². The molecule has 1 amide bonds. The number of carbonyl (C=O) groups excluding carboxylic acids is 1. The van der Waals surface area contributed by atoms with E-state index >= 15 is 0 Å². The summed E-state index contributed by atoms with van der Waals surface area (Å²) in [7, 11) is 0. The van der Waals surface area contributed by atoms with Crippen molar-refractivity contribution in [3.63, 3.8) is 0 Å². The molecule has 186 valence electrons. The van der Waals surface area contributed by atoms with Gasteiger partial charge in [0.25, 0.3) is 5.56 Å². The van der Waals surface area contributed by atoms with Crippen LogP contribution in [0.4, 0.5) is 0 Å². The molecule has 0 spiro atoms. The maximum Gasteiger partial charge on any atom is 0.253 e. The molecule has 2 atom stereocenters. The lowest BCUT2D eigenvalue weighted by Crippen LogP contribution is -2.49. The van der Waals surface area contributed by atoms with Gasteiger partial charge in [-0.2, -0.15) is 0 Å². The van der Waals surface area contributed by atoms with Crippen LogP contribution in [-0.4, -0.2) is 74.7 Å². The normalized spacial score (nSPS) is 21.2. The number of piperidine rings is 1. The number of carbonyl (C=O) groups is 1. The summed E-state index contributed by atoms with van der Waals surface area (Å²) in [6.45, 7) is 5.79. The van der Waals surface area contributed by atoms with Gasteiger partial charge in [-0.15, -0.1) is 0 Å². The first-order chi connectivity index (χ1) is 16.8. The molecule has 2 aliphatic rings. The Morgan fingerprint density at radius 3 is 2.83 bits per heavy atom. The van der Waals surface area contributed by atoms with E-state index in [1.54, 1.807) is 11.0 Å². The molecule has 0 radical (unpaired) electrons. The van der Waals surface area contributed by atoms with E-state index in [2.05, 4.69) is 22.0 Å². The SMILES string of the molecule is C[C@H](CC(=O)N1CCC(O)(Cn2cnc(/C=C/CN3CC[C@H](N)C3)cc2=O)CC1)c1c#cccc1. The molecule has 2 aliphatic heterocycles. The summed E-state index contributed by atoms with van der Waals surface area (Å²) >= 11 is 0. The quantitative estimate of drug-likeness (QED) is 0.596. The summed E-state index contributed by atoms with van der Waals surface area (Å²) in [5, 5.41) is 11.1. The predicted molar refractivity (Wildman–Crippen MR) is 134 cm³/mol. The number of aromatic nitrogens is 2. The van der Waals surface area contributed by atoms with Crippen LogP contribution in [0.15, 0.2) is 41.5 Å². The van der Waals surface area contributed by atoms with Gasteiger partial charge in [0.15, 0.2) is 0 Å². The molecule has 35 heavy (non-hydrogen) atoms. The van der Waals surface area contributed by atoms with E-state index in [0.29, 0.717) is 38.0 Å². The Balaban J connectivity index is 1.27. The molecular formula is C27H35N5O3. The van der Waals surface area contributed by atoms with Crippen LogP contribution in [0.2, 0.25) is 0 Å². The monoisotopic (exact) mass is 477 g/mol. The summed E-state index contributed by atoms with van der Waals surface area (Å²) in [5.41, 5.74) is 6.27. The average Bonchev–Trinajstić information content (AvgIpc) is 3.26. The summed E-state index contributed by atoms with van der Waals surface area (Å²) < 4.78 is 1.46. The fourth-order valence-electron chi connectivity index (χ4n) is 4.80. The van der Waals surface area contributed by atoms with Gasteiger partial charge in [-0.05, 0) is 43.4 Å². The smallest absolute Gasteiger partial charge is 0.253 e. The Hall–Kier alpha value is -2.99. The molecule has 1 aromatic heterocycles. The van der Waals surface area contributed by atoms with E-state index in [4.69, 9.17) is 5.73 Å². The molecule has 2 fully saturated rings. The zero-order valence-electron chi connectivity index (χ0n) is 20.4. The van der Waals surface area contributed by atoms with Crippen molar-refractivity contribution >= 4 is 12.0 Å². The van der Waals surface area contributed by atoms with Crippen LogP contribution in [0.5, 0.6) is 0 Å². The highest BCUT2D eigenvalue weighted by atomic mass is 16.3. The molecule has 8 heteroatoms. The first kappa shape index (κ1) is 25.1. The van der Waals surface area contributed by atoms with Crippen molar-refractivity contribution in [2.24, 2.45) is 5.73 Å². The van der Waals surface area contributed by atoms with Crippen molar-refractivity contribution in [1.82, 2.24) is 19.4 Å². The summed E-state index contributed by atoms with van der Waals surface area (Å²) in [5.74, 6) is 0.133. The van der Waals surface area contributed by atoms with Crippen LogP contribution in [-0.2, 0) is 11.3 Å². The number of nitrogens with zero attached hydrogens (tertiary/aromatic N) is 4. The average molecular weight is 478 g/mol. The van der Waals surface area contributed by atoms with Crippen molar-refractivity contribution in [1.29, 1.82) is 0 Å². The Bertz CT molecular complexity index is 1080. The fourth-order valence-corrected chi connectivity index (χ4v) is 4.80. The highest BCUT2D eigenvalue weighted by Crippen LogP contribution is 2.26. The number of nitrogens with two attached hydrogens (primary N) is 1. The molecule has 3 N–H and O–H groups in total. The predicted octanol–water partition coefficient (Wildman–Crippen LogP) is 1.44. The highest BCUT2D eigenvalue weighted by molar-refractivity contribution is 5.77. The number of hydrogen-bond donors (Lipinski definition) is 2. The second kappa shape index (κ2) is 11.2. The van der Waals surface area contributed by atoms with Gasteiger partial charge in [0, 0.05) is 56.8 Å². The van der Waals surface area contributed by atoms with Gasteiger partial charge in [0.05, 0.1) is 24.2 Å². The van der Waals surface area contributed by atoms with E-state index in [-0.39, 0.29) is 30.0 Å². The molecule has 2 saturated heterocycles. The minimum absolute atomic E-state index is 0.0610. The van der Waals surface area contributed by atoms with Crippen LogP contribution < -0.4 is 11.3 Å². The number of likely N-dealkylation sites (tertiary alicyclic amines) is 2. The Labute approximate surface area is 207 Å². The lowest BCUT2D eigenvalue weighted by molar-refractivity contribution is -0.136. The largest absolute Gasteiger partial charge is 0.388 e. The number of amides is 1. The molecule has 0 bridgehead atoms. The maximum absolute atomic E-state index is 12.8. The minimum Gasteiger partial charge on any atom is -0.388 e. The van der Waals surface area contributed by atoms with Crippen LogP contribution in [0.25, 0.3) is 6.08 Å². The van der Waals surface area contributed by atoms with Gasteiger partial charge in [-0.3, -0.25) is 19.1 Å². The molecule has 8 nitrogen and oxygen atoms in total. The summed E-state index contributed by atoms with van der Waals surface area (Å²) in [4.78, 5) is 33.8. The van der Waals surface area contributed by atoms with E-state index in [9.17, 15) is 14.7 Å². The second-order valence-electron chi connectivity index (χ2n) is 9.95. The van der Waals surface area contributed by atoms with Crippen molar-refractivity contribution in [2.75, 3.05) is 32.7 Å². The molecule has 0 unspecified atom stereocenters. The third kappa shape index (κ3) is 6.79. The minimum atomic E-state index is -1.04. The second-order valence-corrected chi connectivity index (χ2v) is 9.95. The Morgan fingerprint density at radius 2 is 2.17 bits per heavy atom. The van der Waals surface area contributed by atoms with Gasteiger partial charge in [0.1, 0.15) is 0 Å².